The van der Waals surface area contributed by atoms with Gasteiger partial charge < -0.3 is 15.0 Å². The maximum Gasteiger partial charge on any atom is 0.262 e. The second-order valence-corrected chi connectivity index (χ2v) is 9.00. The van der Waals surface area contributed by atoms with E-state index in [0.29, 0.717) is 15.4 Å². The quantitative estimate of drug-likeness (QED) is 0.495. The summed E-state index contributed by atoms with van der Waals surface area (Å²) < 4.78 is 6.88. The molecule has 0 aliphatic carbocycles. The molecule has 1 aliphatic rings. The maximum absolute atomic E-state index is 12.6. The number of hydrogen-bond donors (Lipinski definition) is 1. The minimum absolute atomic E-state index is 0.0925. The summed E-state index contributed by atoms with van der Waals surface area (Å²) in [5, 5.41) is 5.54. The number of amides is 1. The third-order valence-corrected chi connectivity index (χ3v) is 6.78. The maximum atomic E-state index is 12.6. The van der Waals surface area contributed by atoms with Gasteiger partial charge in [-0.2, -0.15) is 0 Å². The summed E-state index contributed by atoms with van der Waals surface area (Å²) in [5.41, 5.74) is 1.78. The van der Waals surface area contributed by atoms with Crippen molar-refractivity contribution < 1.29 is 9.53 Å². The van der Waals surface area contributed by atoms with Crippen molar-refractivity contribution in [2.75, 3.05) is 36.5 Å². The van der Waals surface area contributed by atoms with Gasteiger partial charge >= 0.3 is 0 Å². The van der Waals surface area contributed by atoms with Gasteiger partial charge in [-0.05, 0) is 42.6 Å². The van der Waals surface area contributed by atoms with E-state index in [9.17, 15) is 9.59 Å². The minimum atomic E-state index is -0.399. The number of anilines is 2. The number of fused-ring (bicyclic) bond motifs is 1. The van der Waals surface area contributed by atoms with Crippen molar-refractivity contribution in [1.82, 2.24) is 9.55 Å². The van der Waals surface area contributed by atoms with E-state index in [-0.39, 0.29) is 11.5 Å². The number of nitrogens with one attached hydrogen (secondary N) is 1. The Morgan fingerprint density at radius 1 is 1.24 bits per heavy atom. The van der Waals surface area contributed by atoms with Gasteiger partial charge in [0.15, 0.2) is 5.16 Å². The number of carbonyl (C=O) groups is 1. The van der Waals surface area contributed by atoms with Crippen LogP contribution in [0.15, 0.2) is 45.7 Å². The average molecular weight is 431 g/mol. The molecule has 2 aromatic heterocycles. The molecule has 0 saturated carbocycles. The van der Waals surface area contributed by atoms with Crippen molar-refractivity contribution in [3.63, 3.8) is 0 Å². The number of thioether (sulfide) groups is 1. The summed E-state index contributed by atoms with van der Waals surface area (Å²) in [4.78, 5) is 32.6. The molecule has 1 unspecified atom stereocenters. The predicted octanol–water partition coefficient (Wildman–Crippen LogP) is 2.95. The van der Waals surface area contributed by atoms with Gasteiger partial charge in [0.1, 0.15) is 4.83 Å². The lowest BCUT2D eigenvalue weighted by Gasteiger charge is -2.28. The fraction of sp³-hybridized carbons (Fsp3) is 0.350. The Labute approximate surface area is 176 Å². The van der Waals surface area contributed by atoms with E-state index >= 15 is 0 Å². The van der Waals surface area contributed by atoms with E-state index < -0.39 is 5.25 Å². The second kappa shape index (κ2) is 8.56. The first-order valence-electron chi connectivity index (χ1n) is 9.37. The molecule has 1 amide bonds. The highest BCUT2D eigenvalue weighted by molar-refractivity contribution is 8.00. The average Bonchev–Trinajstić information content (AvgIpc) is 3.21. The molecule has 1 aliphatic heterocycles. The lowest BCUT2D eigenvalue weighted by atomic mass is 10.2. The lowest BCUT2D eigenvalue weighted by molar-refractivity contribution is -0.115. The molecule has 1 saturated heterocycles. The fourth-order valence-electron chi connectivity index (χ4n) is 3.12. The van der Waals surface area contributed by atoms with Crippen LogP contribution in [-0.4, -0.2) is 47.0 Å². The molecule has 7 nitrogen and oxygen atoms in total. The molecule has 9 heteroatoms. The van der Waals surface area contributed by atoms with E-state index in [1.54, 1.807) is 13.1 Å². The number of hydrogen-bond acceptors (Lipinski definition) is 7. The zero-order valence-corrected chi connectivity index (χ0v) is 17.9. The van der Waals surface area contributed by atoms with Crippen molar-refractivity contribution in [2.45, 2.75) is 17.3 Å². The first-order valence-corrected chi connectivity index (χ1v) is 11.1. The zero-order chi connectivity index (χ0) is 20.4. The second-order valence-electron chi connectivity index (χ2n) is 6.79. The van der Waals surface area contributed by atoms with Crippen LogP contribution in [0.1, 0.15) is 6.92 Å². The normalized spacial score (nSPS) is 15.4. The summed E-state index contributed by atoms with van der Waals surface area (Å²) in [7, 11) is 1.68. The molecule has 3 aromatic rings. The topological polar surface area (TPSA) is 76.5 Å². The molecule has 1 atom stereocenters. The number of morpholine rings is 1. The molecular weight excluding hydrogens is 408 g/mol. The first-order chi connectivity index (χ1) is 14.0. The highest BCUT2D eigenvalue weighted by Gasteiger charge is 2.19. The summed E-state index contributed by atoms with van der Waals surface area (Å²) in [6.45, 7) is 5.04. The number of carbonyl (C=O) groups excluding carboxylic acids is 1. The van der Waals surface area contributed by atoms with Crippen LogP contribution in [-0.2, 0) is 16.6 Å². The van der Waals surface area contributed by atoms with Gasteiger partial charge in [0.05, 0.1) is 23.8 Å². The van der Waals surface area contributed by atoms with Crippen LogP contribution >= 0.6 is 23.1 Å². The predicted molar refractivity (Wildman–Crippen MR) is 118 cm³/mol. The Hall–Kier alpha value is -2.36. The Morgan fingerprint density at radius 2 is 1.97 bits per heavy atom. The van der Waals surface area contributed by atoms with E-state index in [1.807, 2.05) is 36.6 Å². The van der Waals surface area contributed by atoms with Crippen molar-refractivity contribution in [2.24, 2.45) is 7.05 Å². The van der Waals surface area contributed by atoms with Crippen LogP contribution in [0, 0.1) is 0 Å². The number of ether oxygens (including phenoxy) is 1. The number of aromatic nitrogens is 2. The van der Waals surface area contributed by atoms with Crippen molar-refractivity contribution in [3.05, 3.63) is 46.1 Å². The molecule has 0 spiro atoms. The van der Waals surface area contributed by atoms with E-state index in [2.05, 4.69) is 15.2 Å². The SMILES string of the molecule is CC(Sc1nc2sccc2c(=O)n1C)C(=O)Nc1ccc(N2CCOCC2)cc1. The van der Waals surface area contributed by atoms with Gasteiger partial charge in [-0.3, -0.25) is 14.2 Å². The largest absolute Gasteiger partial charge is 0.378 e. The molecule has 152 valence electrons. The first kappa shape index (κ1) is 19.9. The number of nitrogens with zero attached hydrogens (tertiary/aromatic N) is 3. The third kappa shape index (κ3) is 4.31. The Balaban J connectivity index is 1.42. The van der Waals surface area contributed by atoms with Crippen molar-refractivity contribution in [3.8, 4) is 0 Å². The molecule has 1 N–H and O–H groups in total. The monoisotopic (exact) mass is 430 g/mol. The highest BCUT2D eigenvalue weighted by atomic mass is 32.2. The number of rotatable bonds is 5. The molecule has 4 rings (SSSR count). The molecule has 1 aromatic carbocycles. The summed E-state index contributed by atoms with van der Waals surface area (Å²) >= 11 is 2.71. The molecule has 29 heavy (non-hydrogen) atoms. The van der Waals surface area contributed by atoms with E-state index in [1.165, 1.54) is 27.7 Å². The number of thiophene rings is 1. The third-order valence-electron chi connectivity index (χ3n) is 4.83. The standard InChI is InChI=1S/C20H22N4O3S2/c1-13(29-20-22-18-16(7-12-28-18)19(26)23(20)2)17(25)21-14-3-5-15(6-4-14)24-8-10-27-11-9-24/h3-7,12-13H,8-11H2,1-2H3,(H,21,25). The summed E-state index contributed by atoms with van der Waals surface area (Å²) in [6, 6.07) is 9.61. The van der Waals surface area contributed by atoms with Crippen molar-refractivity contribution >= 4 is 50.6 Å². The summed E-state index contributed by atoms with van der Waals surface area (Å²) in [6.07, 6.45) is 0. The van der Waals surface area contributed by atoms with Crippen LogP contribution < -0.4 is 15.8 Å². The highest BCUT2D eigenvalue weighted by Crippen LogP contribution is 2.25. The lowest BCUT2D eigenvalue weighted by Crippen LogP contribution is -2.36. The van der Waals surface area contributed by atoms with Gasteiger partial charge in [0.2, 0.25) is 5.91 Å². The molecule has 3 heterocycles. The van der Waals surface area contributed by atoms with E-state index in [0.717, 1.165) is 37.7 Å². The van der Waals surface area contributed by atoms with Crippen LogP contribution in [0.5, 0.6) is 0 Å². The Bertz CT molecular complexity index is 1070. The van der Waals surface area contributed by atoms with Crippen LogP contribution in [0.3, 0.4) is 0 Å². The van der Waals surface area contributed by atoms with Gasteiger partial charge in [-0.1, -0.05) is 11.8 Å². The minimum Gasteiger partial charge on any atom is -0.378 e. The molecular formula is C20H22N4O3S2. The Kier molecular flexibility index (Phi) is 5.89. The fourth-order valence-corrected chi connectivity index (χ4v) is 4.80. The smallest absolute Gasteiger partial charge is 0.262 e. The zero-order valence-electron chi connectivity index (χ0n) is 16.3. The van der Waals surface area contributed by atoms with Crippen molar-refractivity contribution in [1.29, 1.82) is 0 Å². The van der Waals surface area contributed by atoms with Gasteiger partial charge in [-0.15, -0.1) is 11.3 Å². The number of benzene rings is 1. The van der Waals surface area contributed by atoms with Gasteiger partial charge in [-0.25, -0.2) is 4.98 Å². The van der Waals surface area contributed by atoms with E-state index in [4.69, 9.17) is 4.74 Å². The molecule has 0 radical (unpaired) electrons. The molecule has 0 bridgehead atoms. The van der Waals surface area contributed by atoms with Crippen LogP contribution in [0.2, 0.25) is 0 Å². The van der Waals surface area contributed by atoms with Gasteiger partial charge in [0.25, 0.3) is 5.56 Å². The van der Waals surface area contributed by atoms with Crippen LogP contribution in [0.4, 0.5) is 11.4 Å². The summed E-state index contributed by atoms with van der Waals surface area (Å²) in [5.74, 6) is -0.130. The van der Waals surface area contributed by atoms with Crippen LogP contribution in [0.25, 0.3) is 10.2 Å². The van der Waals surface area contributed by atoms with Gasteiger partial charge in [0, 0.05) is 31.5 Å². The molecule has 1 fully saturated rings. The Morgan fingerprint density at radius 3 is 2.69 bits per heavy atom.